The number of nitrogens with one attached hydrogen (secondary N) is 1. The molecule has 7 nitrogen and oxygen atoms in total. The Morgan fingerprint density at radius 2 is 2.32 bits per heavy atom. The van der Waals surface area contributed by atoms with Crippen LogP contribution in [0.1, 0.15) is 39.7 Å². The maximum Gasteiger partial charge on any atom is 0.338 e. The molecule has 0 radical (unpaired) electrons. The lowest BCUT2D eigenvalue weighted by molar-refractivity contribution is -0.119. The second-order valence-electron chi connectivity index (χ2n) is 6.83. The summed E-state index contributed by atoms with van der Waals surface area (Å²) in [5.41, 5.74) is 2.95. The first kappa shape index (κ1) is 18.2. The number of nitriles is 1. The molecular formula is C20H17N3O4S. The van der Waals surface area contributed by atoms with E-state index in [1.807, 2.05) is 0 Å². The van der Waals surface area contributed by atoms with E-state index in [2.05, 4.69) is 23.3 Å². The summed E-state index contributed by atoms with van der Waals surface area (Å²) in [6.07, 6.45) is 4.11. The van der Waals surface area contributed by atoms with Gasteiger partial charge >= 0.3 is 5.97 Å². The number of carbonyl (C=O) groups is 2. The number of hydrogen-bond acceptors (Lipinski definition) is 7. The molecule has 1 aliphatic rings. The Bertz CT molecular complexity index is 1110. The minimum atomic E-state index is -0.631. The first-order valence-electron chi connectivity index (χ1n) is 8.90. The number of hydrogen-bond donors (Lipinski definition) is 1. The van der Waals surface area contributed by atoms with E-state index in [1.165, 1.54) is 23.8 Å². The predicted molar refractivity (Wildman–Crippen MR) is 103 cm³/mol. The van der Waals surface area contributed by atoms with Crippen LogP contribution in [0.2, 0.25) is 0 Å². The monoisotopic (exact) mass is 395 g/mol. The van der Waals surface area contributed by atoms with Gasteiger partial charge in [0.25, 0.3) is 5.91 Å². The Labute approximate surface area is 164 Å². The molecule has 4 rings (SSSR count). The lowest BCUT2D eigenvalue weighted by Gasteiger charge is -2.17. The molecule has 2 aromatic heterocycles. The summed E-state index contributed by atoms with van der Waals surface area (Å²) in [6, 6.07) is 6.93. The molecule has 1 atom stereocenters. The van der Waals surface area contributed by atoms with Crippen LogP contribution >= 0.6 is 11.3 Å². The Kier molecular flexibility index (Phi) is 4.84. The van der Waals surface area contributed by atoms with Gasteiger partial charge in [-0.2, -0.15) is 5.26 Å². The van der Waals surface area contributed by atoms with E-state index < -0.39 is 18.5 Å². The van der Waals surface area contributed by atoms with Crippen molar-refractivity contribution in [1.29, 1.82) is 5.26 Å². The molecule has 3 aromatic rings. The maximum absolute atomic E-state index is 12.2. The van der Waals surface area contributed by atoms with E-state index in [1.54, 1.807) is 12.1 Å². The molecule has 2 heterocycles. The zero-order valence-electron chi connectivity index (χ0n) is 15.2. The topological polar surface area (TPSA) is 105 Å². The molecule has 0 spiro atoms. The zero-order valence-corrected chi connectivity index (χ0v) is 16.0. The molecule has 1 amide bonds. The van der Waals surface area contributed by atoms with Crippen molar-refractivity contribution in [2.24, 2.45) is 5.92 Å². The summed E-state index contributed by atoms with van der Waals surface area (Å²) >= 11 is 1.44. The van der Waals surface area contributed by atoms with Crippen molar-refractivity contribution in [3.8, 4) is 6.07 Å². The number of ether oxygens (including phenoxy) is 1. The SMILES string of the molecule is CC1CCc2c(sc(NC(=O)COC(=O)c3ccc4ncoc4c3)c2C#N)C1. The standard InChI is InChI=1S/C20H17N3O4S/c1-11-2-4-13-14(8-21)19(28-17(13)6-11)23-18(24)9-26-20(25)12-3-5-15-16(7-12)27-10-22-15/h3,5,7,10-11H,2,4,6,9H2,1H3,(H,23,24). The average Bonchev–Trinajstić information content (AvgIpc) is 3.28. The number of amides is 1. The van der Waals surface area contributed by atoms with Gasteiger partial charge in [0.15, 0.2) is 18.6 Å². The molecular weight excluding hydrogens is 378 g/mol. The van der Waals surface area contributed by atoms with Crippen molar-refractivity contribution in [1.82, 2.24) is 4.98 Å². The average molecular weight is 395 g/mol. The van der Waals surface area contributed by atoms with Gasteiger partial charge in [0.1, 0.15) is 16.6 Å². The number of nitrogens with zero attached hydrogens (tertiary/aromatic N) is 2. The normalized spacial score (nSPS) is 15.6. The van der Waals surface area contributed by atoms with E-state index in [0.717, 1.165) is 29.7 Å². The second-order valence-corrected chi connectivity index (χ2v) is 7.93. The number of rotatable bonds is 4. The van der Waals surface area contributed by atoms with Crippen LogP contribution in [0.15, 0.2) is 29.0 Å². The fraction of sp³-hybridized carbons (Fsp3) is 0.300. The molecule has 28 heavy (non-hydrogen) atoms. The Morgan fingerprint density at radius 1 is 1.46 bits per heavy atom. The van der Waals surface area contributed by atoms with Crippen LogP contribution in [0.4, 0.5) is 5.00 Å². The van der Waals surface area contributed by atoms with Gasteiger partial charge in [0, 0.05) is 4.88 Å². The number of esters is 1. The van der Waals surface area contributed by atoms with Gasteiger partial charge < -0.3 is 14.5 Å². The van der Waals surface area contributed by atoms with Crippen molar-refractivity contribution in [2.45, 2.75) is 26.2 Å². The van der Waals surface area contributed by atoms with E-state index in [-0.39, 0.29) is 5.56 Å². The van der Waals surface area contributed by atoms with Crippen LogP contribution < -0.4 is 5.32 Å². The number of oxazole rings is 1. The number of benzene rings is 1. The zero-order chi connectivity index (χ0) is 19.7. The summed E-state index contributed by atoms with van der Waals surface area (Å²) in [5.74, 6) is -0.533. The molecule has 1 unspecified atom stereocenters. The first-order valence-corrected chi connectivity index (χ1v) is 9.71. The summed E-state index contributed by atoms with van der Waals surface area (Å²) in [4.78, 5) is 29.6. The fourth-order valence-electron chi connectivity index (χ4n) is 3.32. The number of carbonyl (C=O) groups excluding carboxylic acids is 2. The summed E-state index contributed by atoms with van der Waals surface area (Å²) < 4.78 is 10.2. The van der Waals surface area contributed by atoms with E-state index in [9.17, 15) is 14.9 Å². The molecule has 0 saturated heterocycles. The molecule has 8 heteroatoms. The van der Waals surface area contributed by atoms with Crippen molar-refractivity contribution in [2.75, 3.05) is 11.9 Å². The largest absolute Gasteiger partial charge is 0.452 e. The number of aromatic nitrogens is 1. The molecule has 1 aliphatic carbocycles. The fourth-order valence-corrected chi connectivity index (χ4v) is 4.69. The van der Waals surface area contributed by atoms with Crippen LogP contribution in [-0.2, 0) is 22.4 Å². The lowest BCUT2D eigenvalue weighted by atomic mass is 9.89. The third-order valence-electron chi connectivity index (χ3n) is 4.78. The highest BCUT2D eigenvalue weighted by Gasteiger charge is 2.25. The van der Waals surface area contributed by atoms with Crippen LogP contribution in [0.5, 0.6) is 0 Å². The van der Waals surface area contributed by atoms with E-state index in [0.29, 0.717) is 27.6 Å². The highest BCUT2D eigenvalue weighted by atomic mass is 32.1. The van der Waals surface area contributed by atoms with Gasteiger partial charge in [-0.1, -0.05) is 6.92 Å². The molecule has 0 aliphatic heterocycles. The molecule has 142 valence electrons. The highest BCUT2D eigenvalue weighted by Crippen LogP contribution is 2.39. The smallest absolute Gasteiger partial charge is 0.338 e. The predicted octanol–water partition coefficient (Wildman–Crippen LogP) is 3.68. The summed E-state index contributed by atoms with van der Waals surface area (Å²) in [5, 5.41) is 12.7. The van der Waals surface area contributed by atoms with E-state index >= 15 is 0 Å². The van der Waals surface area contributed by atoms with Crippen LogP contribution in [0.3, 0.4) is 0 Å². The van der Waals surface area contributed by atoms with Gasteiger partial charge in [-0.25, -0.2) is 9.78 Å². The third kappa shape index (κ3) is 3.49. The minimum absolute atomic E-state index is 0.273. The van der Waals surface area contributed by atoms with Gasteiger partial charge in [-0.05, 0) is 48.9 Å². The van der Waals surface area contributed by atoms with E-state index in [4.69, 9.17) is 9.15 Å². The Hall–Kier alpha value is -3.18. The van der Waals surface area contributed by atoms with Crippen LogP contribution in [0, 0.1) is 17.2 Å². The van der Waals surface area contributed by atoms with Gasteiger partial charge in [0.05, 0.1) is 11.1 Å². The van der Waals surface area contributed by atoms with Crippen molar-refractivity contribution < 1.29 is 18.7 Å². The van der Waals surface area contributed by atoms with Crippen LogP contribution in [0.25, 0.3) is 11.1 Å². The van der Waals surface area contributed by atoms with Gasteiger partial charge in [-0.3, -0.25) is 4.79 Å². The van der Waals surface area contributed by atoms with Crippen molar-refractivity contribution in [3.63, 3.8) is 0 Å². The Balaban J connectivity index is 1.41. The van der Waals surface area contributed by atoms with Gasteiger partial charge in [-0.15, -0.1) is 11.3 Å². The summed E-state index contributed by atoms with van der Waals surface area (Å²) in [6.45, 7) is 1.75. The molecule has 0 fully saturated rings. The number of fused-ring (bicyclic) bond motifs is 2. The lowest BCUT2D eigenvalue weighted by Crippen LogP contribution is -2.20. The van der Waals surface area contributed by atoms with Crippen molar-refractivity contribution in [3.05, 3.63) is 46.2 Å². The summed E-state index contributed by atoms with van der Waals surface area (Å²) in [7, 11) is 0. The minimum Gasteiger partial charge on any atom is -0.452 e. The number of anilines is 1. The molecule has 0 saturated carbocycles. The van der Waals surface area contributed by atoms with Gasteiger partial charge in [0.2, 0.25) is 0 Å². The molecule has 0 bridgehead atoms. The quantitative estimate of drug-likeness (QED) is 0.676. The second kappa shape index (κ2) is 7.44. The third-order valence-corrected chi connectivity index (χ3v) is 5.95. The Morgan fingerprint density at radius 3 is 3.14 bits per heavy atom. The maximum atomic E-state index is 12.2. The van der Waals surface area contributed by atoms with Crippen molar-refractivity contribution >= 4 is 39.3 Å². The molecule has 1 N–H and O–H groups in total. The first-order chi connectivity index (χ1) is 13.5. The van der Waals surface area contributed by atoms with Crippen LogP contribution in [-0.4, -0.2) is 23.5 Å². The highest BCUT2D eigenvalue weighted by molar-refractivity contribution is 7.16. The molecule has 1 aromatic carbocycles. The number of thiophene rings is 1.